The summed E-state index contributed by atoms with van der Waals surface area (Å²) in [6.07, 6.45) is 6.37. The van der Waals surface area contributed by atoms with Gasteiger partial charge in [0.1, 0.15) is 0 Å². The van der Waals surface area contributed by atoms with Crippen LogP contribution in [0.4, 0.5) is 5.13 Å². The van der Waals surface area contributed by atoms with Crippen molar-refractivity contribution in [2.75, 3.05) is 11.4 Å². The van der Waals surface area contributed by atoms with Gasteiger partial charge in [0.25, 0.3) is 0 Å². The van der Waals surface area contributed by atoms with E-state index in [1.54, 1.807) is 0 Å². The van der Waals surface area contributed by atoms with Gasteiger partial charge < -0.3 is 10.2 Å². The van der Waals surface area contributed by atoms with Gasteiger partial charge in [-0.15, -0.1) is 11.3 Å². The normalized spacial score (nSPS) is 27.1. The highest BCUT2D eigenvalue weighted by Gasteiger charge is 2.26. The number of aryl methyl sites for hydroxylation is 1. The smallest absolute Gasteiger partial charge is 0.186 e. The molecule has 0 spiro atoms. The molecule has 0 amide bonds. The highest BCUT2D eigenvalue weighted by atomic mass is 32.1. The van der Waals surface area contributed by atoms with Crippen LogP contribution in [-0.2, 0) is 13.0 Å². The molecule has 1 aliphatic carbocycles. The minimum atomic E-state index is 0.638. The number of hydrogen-bond donors (Lipinski definition) is 1. The lowest BCUT2D eigenvalue weighted by Gasteiger charge is -2.36. The minimum Gasteiger partial charge on any atom is -0.345 e. The second-order valence-corrected chi connectivity index (χ2v) is 7.61. The van der Waals surface area contributed by atoms with E-state index in [9.17, 15) is 0 Å². The van der Waals surface area contributed by atoms with Crippen LogP contribution in [0.25, 0.3) is 0 Å². The molecule has 1 saturated heterocycles. The Hall–Kier alpha value is -0.610. The minimum absolute atomic E-state index is 0.638. The number of anilines is 1. The maximum Gasteiger partial charge on any atom is 0.186 e. The first-order valence-corrected chi connectivity index (χ1v) is 8.97. The Balaban J connectivity index is 1.71. The van der Waals surface area contributed by atoms with E-state index in [0.29, 0.717) is 6.04 Å². The van der Waals surface area contributed by atoms with E-state index in [-0.39, 0.29) is 0 Å². The van der Waals surface area contributed by atoms with Gasteiger partial charge in [-0.2, -0.15) is 0 Å². The Morgan fingerprint density at radius 1 is 1.30 bits per heavy atom. The molecule has 1 aliphatic heterocycles. The fraction of sp³-hybridized carbons (Fsp3) is 0.812. The third-order valence-corrected chi connectivity index (χ3v) is 5.75. The van der Waals surface area contributed by atoms with E-state index in [1.165, 1.54) is 47.9 Å². The van der Waals surface area contributed by atoms with Crippen LogP contribution >= 0.6 is 11.3 Å². The van der Waals surface area contributed by atoms with Crippen LogP contribution in [0.5, 0.6) is 0 Å². The standard InChI is InChI=1S/C16H27N3S/c1-4-14-15(10-17-13-5-6-13)20-16(18-14)19-8-7-11(2)9-12(19)3/h11-13,17H,4-10H2,1-3H3. The topological polar surface area (TPSA) is 28.2 Å². The molecule has 3 nitrogen and oxygen atoms in total. The summed E-state index contributed by atoms with van der Waals surface area (Å²) in [5, 5.41) is 4.89. The van der Waals surface area contributed by atoms with Gasteiger partial charge in [0.05, 0.1) is 5.69 Å². The molecule has 2 heterocycles. The predicted octanol–water partition coefficient (Wildman–Crippen LogP) is 3.58. The van der Waals surface area contributed by atoms with E-state index < -0.39 is 0 Å². The first-order valence-electron chi connectivity index (χ1n) is 8.16. The zero-order valence-corrected chi connectivity index (χ0v) is 13.8. The average molecular weight is 293 g/mol. The molecule has 0 aromatic carbocycles. The summed E-state index contributed by atoms with van der Waals surface area (Å²) in [7, 11) is 0. The molecule has 2 fully saturated rings. The van der Waals surface area contributed by atoms with Crippen LogP contribution in [0.15, 0.2) is 0 Å². The van der Waals surface area contributed by atoms with Crippen molar-refractivity contribution in [2.45, 2.75) is 71.5 Å². The SMILES string of the molecule is CCc1nc(N2CCC(C)CC2C)sc1CNC1CC1. The van der Waals surface area contributed by atoms with Crippen molar-refractivity contribution < 1.29 is 0 Å². The molecule has 2 aliphatic rings. The maximum absolute atomic E-state index is 4.93. The highest BCUT2D eigenvalue weighted by Crippen LogP contribution is 2.33. The van der Waals surface area contributed by atoms with E-state index in [4.69, 9.17) is 4.98 Å². The largest absolute Gasteiger partial charge is 0.345 e. The first kappa shape index (κ1) is 14.3. The summed E-state index contributed by atoms with van der Waals surface area (Å²) in [6, 6.07) is 1.42. The number of piperidine rings is 1. The molecule has 1 aromatic heterocycles. The van der Waals surface area contributed by atoms with Crippen molar-refractivity contribution in [3.63, 3.8) is 0 Å². The summed E-state index contributed by atoms with van der Waals surface area (Å²) < 4.78 is 0. The predicted molar refractivity (Wildman–Crippen MR) is 86.6 cm³/mol. The van der Waals surface area contributed by atoms with Crippen LogP contribution in [0, 0.1) is 5.92 Å². The van der Waals surface area contributed by atoms with Gasteiger partial charge in [-0.05, 0) is 44.9 Å². The molecular weight excluding hydrogens is 266 g/mol. The molecule has 0 radical (unpaired) electrons. The summed E-state index contributed by atoms with van der Waals surface area (Å²) in [6.45, 7) is 9.14. The van der Waals surface area contributed by atoms with Gasteiger partial charge in [0.2, 0.25) is 0 Å². The lowest BCUT2D eigenvalue weighted by atomic mass is 9.94. The van der Waals surface area contributed by atoms with Crippen LogP contribution in [0.2, 0.25) is 0 Å². The average Bonchev–Trinajstić information content (AvgIpc) is 3.16. The Morgan fingerprint density at radius 3 is 2.75 bits per heavy atom. The van der Waals surface area contributed by atoms with Crippen LogP contribution in [-0.4, -0.2) is 23.6 Å². The summed E-state index contributed by atoms with van der Waals surface area (Å²) in [5.74, 6) is 0.864. The van der Waals surface area contributed by atoms with Gasteiger partial charge in [0.15, 0.2) is 5.13 Å². The molecular formula is C16H27N3S. The second-order valence-electron chi connectivity index (χ2n) is 6.55. The number of nitrogens with zero attached hydrogens (tertiary/aromatic N) is 2. The Labute approximate surface area is 126 Å². The van der Waals surface area contributed by atoms with Crippen molar-refractivity contribution in [1.82, 2.24) is 10.3 Å². The van der Waals surface area contributed by atoms with E-state index in [1.807, 2.05) is 11.3 Å². The summed E-state index contributed by atoms with van der Waals surface area (Å²) >= 11 is 1.92. The van der Waals surface area contributed by atoms with E-state index >= 15 is 0 Å². The Bertz CT molecular complexity index is 453. The van der Waals surface area contributed by atoms with Gasteiger partial charge in [-0.3, -0.25) is 0 Å². The number of hydrogen-bond acceptors (Lipinski definition) is 4. The van der Waals surface area contributed by atoms with Gasteiger partial charge >= 0.3 is 0 Å². The summed E-state index contributed by atoms with van der Waals surface area (Å²) in [5.41, 5.74) is 1.31. The molecule has 1 saturated carbocycles. The van der Waals surface area contributed by atoms with Gasteiger partial charge in [-0.25, -0.2) is 4.98 Å². The quantitative estimate of drug-likeness (QED) is 0.899. The molecule has 2 atom stereocenters. The fourth-order valence-corrected chi connectivity index (χ4v) is 4.35. The van der Waals surface area contributed by atoms with Crippen molar-refractivity contribution >= 4 is 16.5 Å². The molecule has 4 heteroatoms. The molecule has 2 unspecified atom stereocenters. The molecule has 20 heavy (non-hydrogen) atoms. The zero-order chi connectivity index (χ0) is 14.1. The fourth-order valence-electron chi connectivity index (χ4n) is 3.12. The zero-order valence-electron chi connectivity index (χ0n) is 13.0. The van der Waals surface area contributed by atoms with Crippen LogP contribution in [0.1, 0.15) is 57.0 Å². The second kappa shape index (κ2) is 6.02. The number of rotatable bonds is 5. The number of thiazole rings is 1. The van der Waals surface area contributed by atoms with Gasteiger partial charge in [-0.1, -0.05) is 13.8 Å². The van der Waals surface area contributed by atoms with E-state index in [0.717, 1.165) is 24.9 Å². The van der Waals surface area contributed by atoms with Crippen molar-refractivity contribution in [3.05, 3.63) is 10.6 Å². The van der Waals surface area contributed by atoms with Crippen LogP contribution in [0.3, 0.4) is 0 Å². The van der Waals surface area contributed by atoms with Crippen molar-refractivity contribution in [2.24, 2.45) is 5.92 Å². The third-order valence-electron chi connectivity index (χ3n) is 4.61. The van der Waals surface area contributed by atoms with E-state index in [2.05, 4.69) is 31.0 Å². The Kier molecular flexibility index (Phi) is 4.32. The monoisotopic (exact) mass is 293 g/mol. The first-order chi connectivity index (χ1) is 9.67. The van der Waals surface area contributed by atoms with Crippen molar-refractivity contribution in [1.29, 1.82) is 0 Å². The van der Waals surface area contributed by atoms with Crippen LogP contribution < -0.4 is 10.2 Å². The molecule has 1 aromatic rings. The molecule has 3 rings (SSSR count). The number of nitrogens with one attached hydrogen (secondary N) is 1. The molecule has 1 N–H and O–H groups in total. The maximum atomic E-state index is 4.93. The molecule has 112 valence electrons. The molecule has 0 bridgehead atoms. The highest BCUT2D eigenvalue weighted by molar-refractivity contribution is 7.15. The third kappa shape index (κ3) is 3.17. The lowest BCUT2D eigenvalue weighted by molar-refractivity contribution is 0.377. The number of aromatic nitrogens is 1. The lowest BCUT2D eigenvalue weighted by Crippen LogP contribution is -2.40. The van der Waals surface area contributed by atoms with Gasteiger partial charge in [0, 0.05) is 30.1 Å². The van der Waals surface area contributed by atoms with Crippen molar-refractivity contribution in [3.8, 4) is 0 Å². The Morgan fingerprint density at radius 2 is 2.10 bits per heavy atom. The summed E-state index contributed by atoms with van der Waals surface area (Å²) in [4.78, 5) is 8.92.